The monoisotopic (exact) mass is 467 g/mol. The van der Waals surface area contributed by atoms with Crippen LogP contribution in [0.1, 0.15) is 21.5 Å². The number of carboxylic acids is 1. The van der Waals surface area contributed by atoms with Crippen molar-refractivity contribution in [1.29, 1.82) is 0 Å². The van der Waals surface area contributed by atoms with Crippen LogP contribution in [0.15, 0.2) is 60.8 Å². The fraction of sp³-hybridized carbons (Fsp3) is 0.0870. The molecule has 0 saturated carbocycles. The molecule has 0 saturated heterocycles. The zero-order valence-corrected chi connectivity index (χ0v) is 17.1. The maximum absolute atomic E-state index is 14.6. The highest BCUT2D eigenvalue weighted by molar-refractivity contribution is 5.90. The van der Waals surface area contributed by atoms with Gasteiger partial charge in [0.25, 0.3) is 0 Å². The molecule has 7 nitrogen and oxygen atoms in total. The van der Waals surface area contributed by atoms with E-state index in [-0.39, 0.29) is 23.4 Å². The molecule has 0 amide bonds. The number of alkyl halides is 3. The van der Waals surface area contributed by atoms with Crippen molar-refractivity contribution in [3.8, 4) is 11.3 Å². The van der Waals surface area contributed by atoms with Crippen molar-refractivity contribution >= 4 is 28.0 Å². The lowest BCUT2D eigenvalue weighted by atomic mass is 10.0. The smallest absolute Gasteiger partial charge is 0.417 e. The molecule has 11 heteroatoms. The normalized spacial score (nSPS) is 11.9. The predicted molar refractivity (Wildman–Crippen MR) is 114 cm³/mol. The van der Waals surface area contributed by atoms with Gasteiger partial charge in [0.15, 0.2) is 5.65 Å². The molecular formula is C23H13F4N5O2. The molecule has 0 bridgehead atoms. The molecule has 170 valence electrons. The maximum atomic E-state index is 14.6. The molecule has 5 rings (SSSR count). The van der Waals surface area contributed by atoms with E-state index in [0.717, 1.165) is 17.5 Å². The van der Waals surface area contributed by atoms with Crippen LogP contribution in [0.3, 0.4) is 0 Å². The van der Waals surface area contributed by atoms with Crippen LogP contribution in [-0.2, 0) is 12.7 Å². The number of carbonyl (C=O) groups is 1. The summed E-state index contributed by atoms with van der Waals surface area (Å²) in [4.78, 5) is 19.7. The lowest BCUT2D eigenvalue weighted by Gasteiger charge is -2.12. The third kappa shape index (κ3) is 3.81. The molecule has 0 fully saturated rings. The molecule has 3 heterocycles. The standard InChI is InChI=1S/C23H13F4N5O2/c24-17-10-20-12(2-1-7-28-20)8-14(17)11-32-21-19(30-31-32)6-5-18(29-21)13-3-4-15(22(33)34)16(9-13)23(25,26)27/h1-10H,11H2,(H,33,34). The summed E-state index contributed by atoms with van der Waals surface area (Å²) in [6.07, 6.45) is -3.30. The molecule has 0 atom stereocenters. The average molecular weight is 467 g/mol. The van der Waals surface area contributed by atoms with Gasteiger partial charge in [0, 0.05) is 28.8 Å². The van der Waals surface area contributed by atoms with Gasteiger partial charge in [-0.2, -0.15) is 13.2 Å². The van der Waals surface area contributed by atoms with Gasteiger partial charge in [0.05, 0.1) is 28.9 Å². The summed E-state index contributed by atoms with van der Waals surface area (Å²) < 4.78 is 56.2. The molecule has 34 heavy (non-hydrogen) atoms. The second-order valence-electron chi connectivity index (χ2n) is 7.49. The van der Waals surface area contributed by atoms with E-state index >= 15 is 0 Å². The highest BCUT2D eigenvalue weighted by Gasteiger charge is 2.35. The lowest BCUT2D eigenvalue weighted by Crippen LogP contribution is -2.13. The molecule has 5 aromatic rings. The fourth-order valence-corrected chi connectivity index (χ4v) is 3.67. The first-order valence-electron chi connectivity index (χ1n) is 9.89. The van der Waals surface area contributed by atoms with Crippen LogP contribution in [0.25, 0.3) is 33.3 Å². The molecular weight excluding hydrogens is 454 g/mol. The Labute approximate surface area is 188 Å². The van der Waals surface area contributed by atoms with E-state index in [4.69, 9.17) is 5.11 Å². The van der Waals surface area contributed by atoms with Crippen LogP contribution in [-0.4, -0.2) is 36.0 Å². The van der Waals surface area contributed by atoms with E-state index < -0.39 is 29.1 Å². The Morgan fingerprint density at radius 3 is 2.62 bits per heavy atom. The topological polar surface area (TPSA) is 93.8 Å². The summed E-state index contributed by atoms with van der Waals surface area (Å²) in [6, 6.07) is 12.3. The van der Waals surface area contributed by atoms with Crippen LogP contribution in [0.2, 0.25) is 0 Å². The van der Waals surface area contributed by atoms with E-state index in [9.17, 15) is 22.4 Å². The number of hydrogen-bond acceptors (Lipinski definition) is 5. The SMILES string of the molecule is O=C(O)c1ccc(-c2ccc3nnn(Cc4cc5cccnc5cc4F)c3n2)cc1C(F)(F)F. The Morgan fingerprint density at radius 1 is 1.03 bits per heavy atom. The summed E-state index contributed by atoms with van der Waals surface area (Å²) in [6.45, 7) is -0.0185. The molecule has 0 aliphatic carbocycles. The Morgan fingerprint density at radius 2 is 1.85 bits per heavy atom. The number of halogens is 4. The third-order valence-corrected chi connectivity index (χ3v) is 5.30. The van der Waals surface area contributed by atoms with E-state index in [1.165, 1.54) is 28.9 Å². The van der Waals surface area contributed by atoms with E-state index in [1.54, 1.807) is 24.4 Å². The number of fused-ring (bicyclic) bond motifs is 2. The molecule has 2 aromatic carbocycles. The summed E-state index contributed by atoms with van der Waals surface area (Å²) in [5.74, 6) is -2.18. The number of aromatic nitrogens is 5. The molecule has 0 aliphatic rings. The van der Waals surface area contributed by atoms with E-state index in [1.807, 2.05) is 0 Å². The first-order chi connectivity index (χ1) is 16.2. The first-order valence-corrected chi connectivity index (χ1v) is 9.89. The minimum atomic E-state index is -4.86. The van der Waals surface area contributed by atoms with Gasteiger partial charge in [-0.3, -0.25) is 4.98 Å². The Kier molecular flexibility index (Phi) is 4.96. The largest absolute Gasteiger partial charge is 0.478 e. The van der Waals surface area contributed by atoms with Gasteiger partial charge in [-0.1, -0.05) is 17.3 Å². The number of rotatable bonds is 4. The fourth-order valence-electron chi connectivity index (χ4n) is 3.67. The van der Waals surface area contributed by atoms with Gasteiger partial charge in [-0.05, 0) is 36.4 Å². The number of pyridine rings is 2. The van der Waals surface area contributed by atoms with Gasteiger partial charge < -0.3 is 5.11 Å². The zero-order valence-electron chi connectivity index (χ0n) is 17.1. The number of aromatic carboxylic acids is 1. The lowest BCUT2D eigenvalue weighted by molar-refractivity contribution is -0.138. The second-order valence-corrected chi connectivity index (χ2v) is 7.49. The Bertz CT molecular complexity index is 1580. The van der Waals surface area contributed by atoms with Crippen LogP contribution in [0.4, 0.5) is 17.6 Å². The van der Waals surface area contributed by atoms with Gasteiger partial charge in [0.2, 0.25) is 0 Å². The highest BCUT2D eigenvalue weighted by atomic mass is 19.4. The maximum Gasteiger partial charge on any atom is 0.417 e. The van der Waals surface area contributed by atoms with Crippen molar-refractivity contribution in [3.05, 3.63) is 83.3 Å². The first kappa shape index (κ1) is 21.4. The summed E-state index contributed by atoms with van der Waals surface area (Å²) in [5, 5.41) is 17.8. The van der Waals surface area contributed by atoms with Crippen molar-refractivity contribution in [2.24, 2.45) is 0 Å². The minimum absolute atomic E-state index is 0.0185. The van der Waals surface area contributed by atoms with E-state index in [0.29, 0.717) is 16.6 Å². The average Bonchev–Trinajstić information content (AvgIpc) is 3.20. The highest BCUT2D eigenvalue weighted by Crippen LogP contribution is 2.35. The van der Waals surface area contributed by atoms with Crippen LogP contribution >= 0.6 is 0 Å². The molecule has 0 aliphatic heterocycles. The number of carboxylic acid groups (broad SMARTS) is 1. The Balaban J connectivity index is 1.57. The van der Waals surface area contributed by atoms with Gasteiger partial charge in [-0.25, -0.2) is 18.9 Å². The molecule has 0 radical (unpaired) electrons. The molecule has 3 aromatic heterocycles. The Hall–Kier alpha value is -4.41. The summed E-state index contributed by atoms with van der Waals surface area (Å²) in [7, 11) is 0. The quantitative estimate of drug-likeness (QED) is 0.376. The van der Waals surface area contributed by atoms with Crippen molar-refractivity contribution in [2.75, 3.05) is 0 Å². The summed E-state index contributed by atoms with van der Waals surface area (Å²) in [5.41, 5.74) is -0.508. The van der Waals surface area contributed by atoms with Crippen molar-refractivity contribution in [1.82, 2.24) is 25.0 Å². The van der Waals surface area contributed by atoms with Gasteiger partial charge in [-0.15, -0.1) is 5.10 Å². The van der Waals surface area contributed by atoms with Gasteiger partial charge in [0.1, 0.15) is 11.3 Å². The van der Waals surface area contributed by atoms with E-state index in [2.05, 4.69) is 20.3 Å². The van der Waals surface area contributed by atoms with Crippen molar-refractivity contribution < 1.29 is 27.5 Å². The number of benzene rings is 2. The van der Waals surface area contributed by atoms with Gasteiger partial charge >= 0.3 is 12.1 Å². The minimum Gasteiger partial charge on any atom is -0.478 e. The zero-order chi connectivity index (χ0) is 24.0. The molecule has 0 spiro atoms. The third-order valence-electron chi connectivity index (χ3n) is 5.30. The molecule has 1 N–H and O–H groups in total. The second kappa shape index (κ2) is 7.87. The number of nitrogens with zero attached hydrogens (tertiary/aromatic N) is 5. The predicted octanol–water partition coefficient (Wildman–Crippen LogP) is 4.95. The van der Waals surface area contributed by atoms with Crippen LogP contribution in [0, 0.1) is 5.82 Å². The van der Waals surface area contributed by atoms with Crippen molar-refractivity contribution in [2.45, 2.75) is 12.7 Å². The van der Waals surface area contributed by atoms with Crippen molar-refractivity contribution in [3.63, 3.8) is 0 Å². The number of hydrogen-bond donors (Lipinski definition) is 1. The molecule has 0 unspecified atom stereocenters. The van der Waals surface area contributed by atoms with Crippen LogP contribution < -0.4 is 0 Å². The van der Waals surface area contributed by atoms with Crippen LogP contribution in [0.5, 0.6) is 0 Å². The summed E-state index contributed by atoms with van der Waals surface area (Å²) >= 11 is 0.